The molecule has 1 aromatic rings. The highest BCUT2D eigenvalue weighted by atomic mass is 79.9. The maximum absolute atomic E-state index is 11.3. The van der Waals surface area contributed by atoms with Crippen molar-refractivity contribution in [3.63, 3.8) is 0 Å². The van der Waals surface area contributed by atoms with Gasteiger partial charge >= 0.3 is 5.97 Å². The van der Waals surface area contributed by atoms with E-state index in [0.29, 0.717) is 12.4 Å². The molecule has 4 heteroatoms. The Labute approximate surface area is 110 Å². The first-order chi connectivity index (χ1) is 8.17. The highest BCUT2D eigenvalue weighted by Gasteiger charge is 2.01. The van der Waals surface area contributed by atoms with Gasteiger partial charge in [0.05, 0.1) is 13.7 Å². The summed E-state index contributed by atoms with van der Waals surface area (Å²) in [7, 11) is 1.59. The normalized spacial score (nSPS) is 10.5. The molecule has 0 fully saturated rings. The monoisotopic (exact) mass is 298 g/mol. The lowest BCUT2D eigenvalue weighted by Gasteiger charge is -2.04. The van der Waals surface area contributed by atoms with Crippen molar-refractivity contribution in [2.45, 2.75) is 13.3 Å². The van der Waals surface area contributed by atoms with E-state index in [1.54, 1.807) is 13.2 Å². The van der Waals surface area contributed by atoms with E-state index in [1.165, 1.54) is 6.08 Å². The molecule has 0 saturated heterocycles. The molecule has 0 aliphatic rings. The van der Waals surface area contributed by atoms with Crippen LogP contribution in [0.3, 0.4) is 0 Å². The van der Waals surface area contributed by atoms with Gasteiger partial charge in [0.2, 0.25) is 0 Å². The lowest BCUT2D eigenvalue weighted by Crippen LogP contribution is -2.00. The lowest BCUT2D eigenvalue weighted by molar-refractivity contribution is -0.137. The third kappa shape index (κ3) is 4.61. The summed E-state index contributed by atoms with van der Waals surface area (Å²) in [6.45, 7) is 2.40. The summed E-state index contributed by atoms with van der Waals surface area (Å²) < 4.78 is 11.1. The molecule has 0 aliphatic carbocycles. The van der Waals surface area contributed by atoms with Crippen LogP contribution in [0, 0.1) is 0 Å². The number of benzene rings is 1. The Morgan fingerprint density at radius 2 is 2.24 bits per heavy atom. The van der Waals surface area contributed by atoms with Gasteiger partial charge < -0.3 is 9.47 Å². The van der Waals surface area contributed by atoms with E-state index in [2.05, 4.69) is 15.9 Å². The van der Waals surface area contributed by atoms with Gasteiger partial charge in [0, 0.05) is 16.1 Å². The molecule has 0 aliphatic heterocycles. The second-order valence-electron chi connectivity index (χ2n) is 3.39. The van der Waals surface area contributed by atoms with E-state index in [0.717, 1.165) is 16.5 Å². The maximum Gasteiger partial charge on any atom is 0.330 e. The molecule has 0 radical (unpaired) electrons. The number of hydrogen-bond acceptors (Lipinski definition) is 3. The molecule has 92 valence electrons. The van der Waals surface area contributed by atoms with Crippen LogP contribution >= 0.6 is 15.9 Å². The highest BCUT2D eigenvalue weighted by molar-refractivity contribution is 9.10. The maximum atomic E-state index is 11.3. The molecule has 1 aromatic carbocycles. The summed E-state index contributed by atoms with van der Waals surface area (Å²) in [5.74, 6) is 0.377. The first-order valence-corrected chi connectivity index (χ1v) is 6.15. The SMILES string of the molecule is CCCOC(=O)C=Cc1cc(Br)ccc1OC. The number of ether oxygens (including phenoxy) is 2. The summed E-state index contributed by atoms with van der Waals surface area (Å²) >= 11 is 3.37. The fraction of sp³-hybridized carbons (Fsp3) is 0.308. The van der Waals surface area contributed by atoms with Gasteiger partial charge in [-0.2, -0.15) is 0 Å². The molecule has 0 heterocycles. The zero-order chi connectivity index (χ0) is 12.7. The molecule has 0 saturated carbocycles. The van der Waals surface area contributed by atoms with Crippen molar-refractivity contribution in [3.8, 4) is 5.75 Å². The van der Waals surface area contributed by atoms with Gasteiger partial charge in [-0.25, -0.2) is 4.79 Å². The number of hydrogen-bond donors (Lipinski definition) is 0. The van der Waals surface area contributed by atoms with Crippen molar-refractivity contribution in [3.05, 3.63) is 34.3 Å². The van der Waals surface area contributed by atoms with Crippen molar-refractivity contribution in [1.82, 2.24) is 0 Å². The van der Waals surface area contributed by atoms with Crippen molar-refractivity contribution < 1.29 is 14.3 Å². The molecule has 0 aromatic heterocycles. The van der Waals surface area contributed by atoms with Crippen molar-refractivity contribution in [2.24, 2.45) is 0 Å². The second-order valence-corrected chi connectivity index (χ2v) is 4.30. The third-order valence-electron chi connectivity index (χ3n) is 2.04. The molecule has 0 amide bonds. The van der Waals surface area contributed by atoms with Gasteiger partial charge in [0.25, 0.3) is 0 Å². The van der Waals surface area contributed by atoms with E-state index in [1.807, 2.05) is 25.1 Å². The zero-order valence-corrected chi connectivity index (χ0v) is 11.5. The van der Waals surface area contributed by atoms with Crippen molar-refractivity contribution in [1.29, 1.82) is 0 Å². The van der Waals surface area contributed by atoms with Gasteiger partial charge in [0.1, 0.15) is 5.75 Å². The standard InChI is InChI=1S/C13H15BrO3/c1-3-8-17-13(15)7-4-10-9-11(14)5-6-12(10)16-2/h4-7,9H,3,8H2,1-2H3. The predicted molar refractivity (Wildman–Crippen MR) is 71.0 cm³/mol. The van der Waals surface area contributed by atoms with E-state index in [9.17, 15) is 4.79 Å². The molecule has 0 N–H and O–H groups in total. The molecule has 0 spiro atoms. The molecular formula is C13H15BrO3. The minimum absolute atomic E-state index is 0.339. The van der Waals surface area contributed by atoms with Gasteiger partial charge in [-0.15, -0.1) is 0 Å². The number of esters is 1. The average molecular weight is 299 g/mol. The Kier molecular flexibility index (Phi) is 5.77. The number of methoxy groups -OCH3 is 1. The van der Waals surface area contributed by atoms with Crippen LogP contribution < -0.4 is 4.74 Å². The Hall–Kier alpha value is -1.29. The molecule has 1 rings (SSSR count). The zero-order valence-electron chi connectivity index (χ0n) is 9.90. The summed E-state index contributed by atoms with van der Waals surface area (Å²) in [6, 6.07) is 5.59. The predicted octanol–water partition coefficient (Wildman–Crippen LogP) is 3.42. The molecule has 0 atom stereocenters. The minimum Gasteiger partial charge on any atom is -0.496 e. The summed E-state index contributed by atoms with van der Waals surface area (Å²) in [5.41, 5.74) is 0.829. The van der Waals surface area contributed by atoms with Crippen LogP contribution in [0.5, 0.6) is 5.75 Å². The first-order valence-electron chi connectivity index (χ1n) is 5.35. The van der Waals surface area contributed by atoms with Crippen LogP contribution in [-0.4, -0.2) is 19.7 Å². The Morgan fingerprint density at radius 1 is 1.47 bits per heavy atom. The molecule has 3 nitrogen and oxygen atoms in total. The highest BCUT2D eigenvalue weighted by Crippen LogP contribution is 2.24. The minimum atomic E-state index is -0.339. The summed E-state index contributed by atoms with van der Waals surface area (Å²) in [6.07, 6.45) is 3.90. The number of carbonyl (C=O) groups is 1. The average Bonchev–Trinajstić information content (AvgIpc) is 2.34. The Bertz CT molecular complexity index is 413. The molecule has 0 bridgehead atoms. The Balaban J connectivity index is 2.76. The quantitative estimate of drug-likeness (QED) is 0.617. The van der Waals surface area contributed by atoms with Crippen LogP contribution in [0.25, 0.3) is 6.08 Å². The van der Waals surface area contributed by atoms with E-state index >= 15 is 0 Å². The van der Waals surface area contributed by atoms with Crippen LogP contribution in [0.15, 0.2) is 28.7 Å². The van der Waals surface area contributed by atoms with E-state index in [-0.39, 0.29) is 5.97 Å². The largest absolute Gasteiger partial charge is 0.496 e. The van der Waals surface area contributed by atoms with E-state index < -0.39 is 0 Å². The topological polar surface area (TPSA) is 35.5 Å². The van der Waals surface area contributed by atoms with Crippen molar-refractivity contribution in [2.75, 3.05) is 13.7 Å². The number of carbonyl (C=O) groups excluding carboxylic acids is 1. The van der Waals surface area contributed by atoms with Crippen LogP contribution in [0.1, 0.15) is 18.9 Å². The van der Waals surface area contributed by atoms with Crippen LogP contribution in [0.4, 0.5) is 0 Å². The molecule has 0 unspecified atom stereocenters. The number of halogens is 1. The number of rotatable bonds is 5. The summed E-state index contributed by atoms with van der Waals surface area (Å²) in [4.78, 5) is 11.3. The fourth-order valence-corrected chi connectivity index (χ4v) is 1.62. The third-order valence-corrected chi connectivity index (χ3v) is 2.53. The van der Waals surface area contributed by atoms with E-state index in [4.69, 9.17) is 9.47 Å². The molecule has 17 heavy (non-hydrogen) atoms. The van der Waals surface area contributed by atoms with Crippen molar-refractivity contribution >= 4 is 28.0 Å². The lowest BCUT2D eigenvalue weighted by atomic mass is 10.2. The smallest absolute Gasteiger partial charge is 0.330 e. The van der Waals surface area contributed by atoms with Crippen LogP contribution in [-0.2, 0) is 9.53 Å². The van der Waals surface area contributed by atoms with Gasteiger partial charge in [-0.3, -0.25) is 0 Å². The summed E-state index contributed by atoms with van der Waals surface area (Å²) in [5, 5.41) is 0. The fourth-order valence-electron chi connectivity index (χ4n) is 1.24. The van der Waals surface area contributed by atoms with Gasteiger partial charge in [0.15, 0.2) is 0 Å². The second kappa shape index (κ2) is 7.12. The molecular weight excluding hydrogens is 284 g/mol. The van der Waals surface area contributed by atoms with Gasteiger partial charge in [-0.1, -0.05) is 22.9 Å². The first kappa shape index (κ1) is 13.8. The van der Waals surface area contributed by atoms with Gasteiger partial charge in [-0.05, 0) is 30.7 Å². The van der Waals surface area contributed by atoms with Crippen LogP contribution in [0.2, 0.25) is 0 Å². The Morgan fingerprint density at radius 3 is 2.88 bits per heavy atom.